The van der Waals surface area contributed by atoms with Gasteiger partial charge in [0.2, 0.25) is 0 Å². The van der Waals surface area contributed by atoms with E-state index in [0.29, 0.717) is 6.04 Å². The molecule has 1 N–H and O–H groups in total. The number of benzene rings is 1. The Morgan fingerprint density at radius 1 is 1.38 bits per heavy atom. The number of aryl methyl sites for hydroxylation is 1. The minimum absolute atomic E-state index is 0.556. The van der Waals surface area contributed by atoms with Crippen molar-refractivity contribution >= 4 is 12.2 Å². The molecule has 3 nitrogen and oxygen atoms in total. The summed E-state index contributed by atoms with van der Waals surface area (Å²) in [6.07, 6.45) is 2.43. The topological polar surface area (TPSA) is 33.6 Å². The molecule has 0 radical (unpaired) electrons. The van der Waals surface area contributed by atoms with Gasteiger partial charge < -0.3 is 0 Å². The van der Waals surface area contributed by atoms with Crippen molar-refractivity contribution in [3.05, 3.63) is 34.6 Å². The molecule has 4 heteroatoms. The Labute approximate surface area is 99.1 Å². The summed E-state index contributed by atoms with van der Waals surface area (Å²) in [5, 5.41) is 7.25. The molecule has 1 aliphatic carbocycles. The molecule has 1 fully saturated rings. The number of hydrogen-bond acceptors (Lipinski definition) is 2. The van der Waals surface area contributed by atoms with E-state index in [1.807, 2.05) is 12.1 Å². The van der Waals surface area contributed by atoms with Crippen LogP contribution in [0.3, 0.4) is 0 Å². The highest BCUT2D eigenvalue weighted by molar-refractivity contribution is 7.71. The van der Waals surface area contributed by atoms with E-state index < -0.39 is 0 Å². The zero-order valence-corrected chi connectivity index (χ0v) is 9.92. The van der Waals surface area contributed by atoms with Gasteiger partial charge in [0.25, 0.3) is 0 Å². The third-order valence-corrected chi connectivity index (χ3v) is 3.29. The predicted octanol–water partition coefficient (Wildman–Crippen LogP) is 3.25. The number of nitrogens with one attached hydrogen (secondary N) is 1. The first-order chi connectivity index (χ1) is 7.77. The average molecular weight is 231 g/mol. The van der Waals surface area contributed by atoms with Crippen molar-refractivity contribution in [2.75, 3.05) is 0 Å². The van der Waals surface area contributed by atoms with Gasteiger partial charge in [0, 0.05) is 11.6 Å². The molecule has 1 aromatic carbocycles. The Bertz CT molecular complexity index is 578. The zero-order chi connectivity index (χ0) is 11.1. The molecule has 0 atom stereocenters. The monoisotopic (exact) mass is 231 g/mol. The van der Waals surface area contributed by atoms with Crippen LogP contribution in [0.4, 0.5) is 0 Å². The Hall–Kier alpha value is -1.42. The molecular formula is C12H13N3S. The van der Waals surface area contributed by atoms with Crippen LogP contribution >= 0.6 is 12.2 Å². The summed E-state index contributed by atoms with van der Waals surface area (Å²) in [5.74, 6) is 0.977. The van der Waals surface area contributed by atoms with Gasteiger partial charge in [-0.3, -0.25) is 9.67 Å². The van der Waals surface area contributed by atoms with Crippen molar-refractivity contribution < 1.29 is 0 Å². The van der Waals surface area contributed by atoms with Crippen LogP contribution in [-0.4, -0.2) is 14.8 Å². The quantitative estimate of drug-likeness (QED) is 0.805. The SMILES string of the molecule is Cc1ccccc1-c1n[nH]c(=S)n1C1CC1. The maximum absolute atomic E-state index is 5.28. The lowest BCUT2D eigenvalue weighted by molar-refractivity contribution is 0.734. The largest absolute Gasteiger partial charge is 0.297 e. The summed E-state index contributed by atoms with van der Waals surface area (Å²) in [6, 6.07) is 8.84. The second-order valence-corrected chi connectivity index (χ2v) is 4.66. The molecule has 1 heterocycles. The first-order valence-electron chi connectivity index (χ1n) is 5.50. The highest BCUT2D eigenvalue weighted by Crippen LogP contribution is 2.38. The van der Waals surface area contributed by atoms with E-state index in [2.05, 4.69) is 33.8 Å². The fraction of sp³-hybridized carbons (Fsp3) is 0.333. The second-order valence-electron chi connectivity index (χ2n) is 4.27. The first kappa shape index (κ1) is 9.78. The van der Waals surface area contributed by atoms with E-state index in [-0.39, 0.29) is 0 Å². The van der Waals surface area contributed by atoms with Crippen LogP contribution < -0.4 is 0 Å². The van der Waals surface area contributed by atoms with Crippen LogP contribution in [0.2, 0.25) is 0 Å². The molecule has 0 saturated heterocycles. The number of H-pyrrole nitrogens is 1. The van der Waals surface area contributed by atoms with Crippen LogP contribution in [0, 0.1) is 11.7 Å². The highest BCUT2D eigenvalue weighted by Gasteiger charge is 2.27. The minimum Gasteiger partial charge on any atom is -0.297 e. The van der Waals surface area contributed by atoms with E-state index in [1.165, 1.54) is 24.0 Å². The van der Waals surface area contributed by atoms with Gasteiger partial charge in [-0.05, 0) is 37.5 Å². The molecule has 2 aromatic rings. The average Bonchev–Trinajstić information content (AvgIpc) is 3.04. The molecule has 0 bridgehead atoms. The van der Waals surface area contributed by atoms with E-state index in [0.717, 1.165) is 10.6 Å². The maximum atomic E-state index is 5.28. The van der Waals surface area contributed by atoms with Crippen molar-refractivity contribution in [1.29, 1.82) is 0 Å². The van der Waals surface area contributed by atoms with Gasteiger partial charge in [-0.15, -0.1) is 0 Å². The number of hydrogen-bond donors (Lipinski definition) is 1. The standard InChI is InChI=1S/C12H13N3S/c1-8-4-2-3-5-10(8)11-13-14-12(16)15(11)9-6-7-9/h2-5,9H,6-7H2,1H3,(H,14,16). The summed E-state index contributed by atoms with van der Waals surface area (Å²) in [6.45, 7) is 2.10. The molecule has 82 valence electrons. The third-order valence-electron chi connectivity index (χ3n) is 3.00. The number of nitrogens with zero attached hydrogens (tertiary/aromatic N) is 2. The first-order valence-corrected chi connectivity index (χ1v) is 5.91. The highest BCUT2D eigenvalue weighted by atomic mass is 32.1. The van der Waals surface area contributed by atoms with Gasteiger partial charge in [0.05, 0.1) is 0 Å². The molecule has 16 heavy (non-hydrogen) atoms. The van der Waals surface area contributed by atoms with Gasteiger partial charge in [0.15, 0.2) is 10.6 Å². The van der Waals surface area contributed by atoms with Gasteiger partial charge in [-0.1, -0.05) is 24.3 Å². The molecule has 1 aliphatic rings. The molecule has 1 saturated carbocycles. The van der Waals surface area contributed by atoms with Crippen LogP contribution in [0.5, 0.6) is 0 Å². The molecule has 3 rings (SSSR count). The van der Waals surface area contributed by atoms with Gasteiger partial charge >= 0.3 is 0 Å². The Morgan fingerprint density at radius 2 is 2.12 bits per heavy atom. The normalized spacial score (nSPS) is 15.3. The van der Waals surface area contributed by atoms with Crippen molar-refractivity contribution in [3.63, 3.8) is 0 Å². The minimum atomic E-state index is 0.556. The van der Waals surface area contributed by atoms with Crippen LogP contribution in [0.25, 0.3) is 11.4 Å². The molecule has 1 aromatic heterocycles. The number of aromatic amines is 1. The molecule has 0 spiro atoms. The van der Waals surface area contributed by atoms with Gasteiger partial charge in [0.1, 0.15) is 0 Å². The molecule has 0 aliphatic heterocycles. The maximum Gasteiger partial charge on any atom is 0.195 e. The van der Waals surface area contributed by atoms with Crippen molar-refractivity contribution in [2.24, 2.45) is 0 Å². The van der Waals surface area contributed by atoms with Crippen LogP contribution in [-0.2, 0) is 0 Å². The summed E-state index contributed by atoms with van der Waals surface area (Å²) in [5.41, 5.74) is 2.40. The summed E-state index contributed by atoms with van der Waals surface area (Å²) in [4.78, 5) is 0. The fourth-order valence-electron chi connectivity index (χ4n) is 1.99. The van der Waals surface area contributed by atoms with Crippen LogP contribution in [0.1, 0.15) is 24.4 Å². The van der Waals surface area contributed by atoms with Gasteiger partial charge in [-0.25, -0.2) is 0 Å². The molecule has 0 unspecified atom stereocenters. The lowest BCUT2D eigenvalue weighted by atomic mass is 10.1. The number of aromatic nitrogens is 3. The van der Waals surface area contributed by atoms with Crippen LogP contribution in [0.15, 0.2) is 24.3 Å². The lowest BCUT2D eigenvalue weighted by Gasteiger charge is -2.07. The van der Waals surface area contributed by atoms with E-state index in [1.54, 1.807) is 0 Å². The smallest absolute Gasteiger partial charge is 0.195 e. The number of rotatable bonds is 2. The lowest BCUT2D eigenvalue weighted by Crippen LogP contribution is -1.98. The summed E-state index contributed by atoms with van der Waals surface area (Å²) >= 11 is 5.28. The zero-order valence-electron chi connectivity index (χ0n) is 9.10. The predicted molar refractivity (Wildman–Crippen MR) is 65.9 cm³/mol. The second kappa shape index (κ2) is 3.56. The van der Waals surface area contributed by atoms with E-state index in [9.17, 15) is 0 Å². The summed E-state index contributed by atoms with van der Waals surface area (Å²) in [7, 11) is 0. The fourth-order valence-corrected chi connectivity index (χ4v) is 2.27. The van der Waals surface area contributed by atoms with E-state index in [4.69, 9.17) is 12.2 Å². The Kier molecular flexibility index (Phi) is 2.17. The Morgan fingerprint density at radius 3 is 2.81 bits per heavy atom. The molecular weight excluding hydrogens is 218 g/mol. The van der Waals surface area contributed by atoms with Crippen molar-refractivity contribution in [3.8, 4) is 11.4 Å². The third kappa shape index (κ3) is 1.50. The van der Waals surface area contributed by atoms with Gasteiger partial charge in [-0.2, -0.15) is 5.10 Å². The summed E-state index contributed by atoms with van der Waals surface area (Å²) < 4.78 is 2.89. The van der Waals surface area contributed by atoms with Crippen molar-refractivity contribution in [1.82, 2.24) is 14.8 Å². The molecule has 0 amide bonds. The Balaban J connectivity index is 2.20. The van der Waals surface area contributed by atoms with E-state index >= 15 is 0 Å². The van der Waals surface area contributed by atoms with Crippen molar-refractivity contribution in [2.45, 2.75) is 25.8 Å².